The lowest BCUT2D eigenvalue weighted by Crippen LogP contribution is -2.28. The Morgan fingerprint density at radius 1 is 1.12 bits per heavy atom. The van der Waals surface area contributed by atoms with Gasteiger partial charge in [0.25, 0.3) is 5.56 Å². The number of aromatic nitrogens is 4. The molecule has 3 aromatic heterocycles. The maximum absolute atomic E-state index is 13.0. The number of pyridine rings is 2. The number of nitrogens with zero attached hydrogens (tertiary/aromatic N) is 3. The van der Waals surface area contributed by atoms with Gasteiger partial charge in [0, 0.05) is 17.1 Å². The van der Waals surface area contributed by atoms with Crippen LogP contribution < -0.4 is 5.56 Å². The molecule has 5 nitrogen and oxygen atoms in total. The third-order valence-electron chi connectivity index (χ3n) is 3.97. The molecule has 0 saturated carbocycles. The van der Waals surface area contributed by atoms with Gasteiger partial charge in [-0.1, -0.05) is 18.2 Å². The molecule has 0 unspecified atom stereocenters. The average Bonchev–Trinajstić information content (AvgIpc) is 3.08. The van der Waals surface area contributed by atoms with Gasteiger partial charge in [-0.15, -0.1) is 12.4 Å². The lowest BCUT2D eigenvalue weighted by Gasteiger charge is -2.14. The molecule has 134 valence electrons. The van der Waals surface area contributed by atoms with Gasteiger partial charge in [-0.3, -0.25) is 19.4 Å². The van der Waals surface area contributed by atoms with Crippen LogP contribution in [0.1, 0.15) is 0 Å². The van der Waals surface area contributed by atoms with E-state index >= 15 is 0 Å². The molecule has 0 bridgehead atoms. The van der Waals surface area contributed by atoms with E-state index in [0.29, 0.717) is 22.2 Å². The van der Waals surface area contributed by atoms with Crippen molar-refractivity contribution >= 4 is 34.2 Å². The molecule has 0 aliphatic heterocycles. The summed E-state index contributed by atoms with van der Waals surface area (Å²) < 4.78 is 39.7. The van der Waals surface area contributed by atoms with E-state index in [2.05, 4.69) is 15.2 Å². The van der Waals surface area contributed by atoms with Crippen LogP contribution in [0.25, 0.3) is 33.1 Å². The number of rotatable bonds is 2. The van der Waals surface area contributed by atoms with Crippen LogP contribution >= 0.6 is 12.4 Å². The first kappa shape index (κ1) is 17.9. The summed E-state index contributed by atoms with van der Waals surface area (Å²) in [4.78, 5) is 16.7. The minimum Gasteiger partial charge on any atom is -0.298 e. The highest BCUT2D eigenvalue weighted by molar-refractivity contribution is 6.04. The SMILES string of the molecule is Cl.O=c1c2cn[nH]c2c2ccc(-c3ccccn3)cc2n1CC(F)(F)F. The molecule has 0 atom stereocenters. The van der Waals surface area contributed by atoms with Gasteiger partial charge in [0.05, 0.1) is 28.3 Å². The highest BCUT2D eigenvalue weighted by Crippen LogP contribution is 2.28. The Kier molecular flexibility index (Phi) is 4.45. The predicted molar refractivity (Wildman–Crippen MR) is 94.4 cm³/mol. The van der Waals surface area contributed by atoms with Gasteiger partial charge in [0.1, 0.15) is 6.54 Å². The molecule has 3 heterocycles. The number of benzene rings is 1. The topological polar surface area (TPSA) is 63.6 Å². The summed E-state index contributed by atoms with van der Waals surface area (Å²) >= 11 is 0. The van der Waals surface area contributed by atoms with Crippen LogP contribution in [0, 0.1) is 0 Å². The van der Waals surface area contributed by atoms with E-state index in [4.69, 9.17) is 0 Å². The van der Waals surface area contributed by atoms with Crippen molar-refractivity contribution in [3.8, 4) is 11.3 Å². The minimum absolute atomic E-state index is 0. The molecule has 0 radical (unpaired) electrons. The van der Waals surface area contributed by atoms with E-state index < -0.39 is 18.3 Å². The van der Waals surface area contributed by atoms with Crippen molar-refractivity contribution in [1.82, 2.24) is 19.7 Å². The fourth-order valence-corrected chi connectivity index (χ4v) is 2.90. The van der Waals surface area contributed by atoms with Crippen molar-refractivity contribution in [1.29, 1.82) is 0 Å². The molecular formula is C17H12ClF3N4O. The van der Waals surface area contributed by atoms with Crippen LogP contribution in [0.2, 0.25) is 0 Å². The van der Waals surface area contributed by atoms with E-state index in [1.807, 2.05) is 0 Å². The molecule has 9 heteroatoms. The fourth-order valence-electron chi connectivity index (χ4n) is 2.90. The van der Waals surface area contributed by atoms with Crippen LogP contribution in [-0.2, 0) is 6.54 Å². The van der Waals surface area contributed by atoms with Gasteiger partial charge in [0.2, 0.25) is 0 Å². The molecule has 26 heavy (non-hydrogen) atoms. The molecule has 0 aliphatic carbocycles. The van der Waals surface area contributed by atoms with E-state index in [0.717, 1.165) is 4.57 Å². The van der Waals surface area contributed by atoms with Crippen LogP contribution in [0.5, 0.6) is 0 Å². The monoisotopic (exact) mass is 380 g/mol. The van der Waals surface area contributed by atoms with E-state index in [9.17, 15) is 18.0 Å². The van der Waals surface area contributed by atoms with Crippen LogP contribution in [0.15, 0.2) is 53.6 Å². The number of fused-ring (bicyclic) bond motifs is 3. The molecule has 0 fully saturated rings. The number of aromatic amines is 1. The van der Waals surface area contributed by atoms with Crippen molar-refractivity contribution in [2.24, 2.45) is 0 Å². The Morgan fingerprint density at radius 2 is 1.92 bits per heavy atom. The Morgan fingerprint density at radius 3 is 2.62 bits per heavy atom. The maximum Gasteiger partial charge on any atom is 0.406 e. The Bertz CT molecular complexity index is 1140. The van der Waals surface area contributed by atoms with Crippen molar-refractivity contribution in [2.75, 3.05) is 0 Å². The summed E-state index contributed by atoms with van der Waals surface area (Å²) in [5.74, 6) is 0. The second-order valence-electron chi connectivity index (χ2n) is 5.61. The second-order valence-corrected chi connectivity index (χ2v) is 5.61. The highest BCUT2D eigenvalue weighted by Gasteiger charge is 2.30. The summed E-state index contributed by atoms with van der Waals surface area (Å²) in [7, 11) is 0. The zero-order valence-corrected chi connectivity index (χ0v) is 13.9. The lowest BCUT2D eigenvalue weighted by molar-refractivity contribution is -0.140. The number of nitrogens with one attached hydrogen (secondary N) is 1. The normalized spacial score (nSPS) is 11.7. The number of alkyl halides is 3. The van der Waals surface area contributed by atoms with Gasteiger partial charge >= 0.3 is 6.18 Å². The number of halogens is 4. The third-order valence-corrected chi connectivity index (χ3v) is 3.97. The highest BCUT2D eigenvalue weighted by atomic mass is 35.5. The van der Waals surface area contributed by atoms with E-state index in [1.54, 1.807) is 42.6 Å². The minimum atomic E-state index is -4.52. The molecule has 0 spiro atoms. The number of H-pyrrole nitrogens is 1. The maximum atomic E-state index is 13.0. The molecule has 1 N–H and O–H groups in total. The largest absolute Gasteiger partial charge is 0.406 e. The second kappa shape index (κ2) is 6.45. The molecule has 0 amide bonds. The smallest absolute Gasteiger partial charge is 0.298 e. The molecule has 1 aromatic carbocycles. The summed E-state index contributed by atoms with van der Waals surface area (Å²) in [5.41, 5.74) is 1.11. The summed E-state index contributed by atoms with van der Waals surface area (Å²) in [6.07, 6.45) is -1.67. The molecular weight excluding hydrogens is 369 g/mol. The van der Waals surface area contributed by atoms with Crippen LogP contribution in [0.4, 0.5) is 13.2 Å². The fraction of sp³-hybridized carbons (Fsp3) is 0.118. The zero-order chi connectivity index (χ0) is 17.6. The van der Waals surface area contributed by atoms with Crippen LogP contribution in [0.3, 0.4) is 0 Å². The summed E-state index contributed by atoms with van der Waals surface area (Å²) in [6.45, 7) is -1.37. The predicted octanol–water partition coefficient (Wildman–Crippen LogP) is 3.92. The van der Waals surface area contributed by atoms with E-state index in [-0.39, 0.29) is 23.3 Å². The quantitative estimate of drug-likeness (QED) is 0.573. The Labute approximate surface area is 150 Å². The molecule has 4 rings (SSSR count). The van der Waals surface area contributed by atoms with Gasteiger partial charge in [-0.05, 0) is 18.2 Å². The van der Waals surface area contributed by atoms with Gasteiger partial charge in [0.15, 0.2) is 0 Å². The molecule has 4 aromatic rings. The van der Waals surface area contributed by atoms with Crippen molar-refractivity contribution < 1.29 is 13.2 Å². The summed E-state index contributed by atoms with van der Waals surface area (Å²) in [5, 5.41) is 7.11. The van der Waals surface area contributed by atoms with E-state index in [1.165, 1.54) is 6.20 Å². The first-order valence-electron chi connectivity index (χ1n) is 7.42. The van der Waals surface area contributed by atoms with Gasteiger partial charge < -0.3 is 0 Å². The van der Waals surface area contributed by atoms with Gasteiger partial charge in [-0.2, -0.15) is 18.3 Å². The number of hydrogen-bond acceptors (Lipinski definition) is 3. The Balaban J connectivity index is 0.00000196. The third kappa shape index (κ3) is 3.03. The first-order chi connectivity index (χ1) is 11.9. The molecule has 0 aliphatic rings. The lowest BCUT2D eigenvalue weighted by atomic mass is 10.1. The molecule has 0 saturated heterocycles. The Hall–Kier alpha value is -2.87. The first-order valence-corrected chi connectivity index (χ1v) is 7.42. The zero-order valence-electron chi connectivity index (χ0n) is 13.1. The van der Waals surface area contributed by atoms with Crippen molar-refractivity contribution in [3.63, 3.8) is 0 Å². The van der Waals surface area contributed by atoms with Gasteiger partial charge in [-0.25, -0.2) is 0 Å². The van der Waals surface area contributed by atoms with Crippen LogP contribution in [-0.4, -0.2) is 25.9 Å². The van der Waals surface area contributed by atoms with Crippen molar-refractivity contribution in [2.45, 2.75) is 12.7 Å². The summed E-state index contributed by atoms with van der Waals surface area (Å²) in [6, 6.07) is 10.3. The number of hydrogen-bond donors (Lipinski definition) is 1. The average molecular weight is 381 g/mol. The van der Waals surface area contributed by atoms with Crippen molar-refractivity contribution in [3.05, 3.63) is 59.1 Å². The standard InChI is InChI=1S/C17H11F3N4O.ClH/c18-17(19,20)9-24-14-7-10(13-3-1-2-6-21-13)4-5-11(14)15-12(16(24)25)8-22-23-15;/h1-8H,9H2,(H,22,23);1H.